The van der Waals surface area contributed by atoms with Crippen LogP contribution < -0.4 is 10.6 Å². The van der Waals surface area contributed by atoms with E-state index >= 15 is 0 Å². The number of rotatable bonds is 4. The summed E-state index contributed by atoms with van der Waals surface area (Å²) in [5.74, 6) is 0.583. The third kappa shape index (κ3) is 3.35. The van der Waals surface area contributed by atoms with Gasteiger partial charge in [0.1, 0.15) is 5.82 Å². The zero-order chi connectivity index (χ0) is 14.5. The molecule has 0 saturated heterocycles. The Balaban J connectivity index is 2.17. The van der Waals surface area contributed by atoms with Crippen LogP contribution in [0.1, 0.15) is 28.4 Å². The van der Waals surface area contributed by atoms with E-state index in [1.807, 2.05) is 39.0 Å². The fraction of sp³-hybridized carbons (Fsp3) is 0.250. The molecule has 0 fully saturated rings. The zero-order valence-electron chi connectivity index (χ0n) is 12.0. The Kier molecular flexibility index (Phi) is 4.35. The van der Waals surface area contributed by atoms with Crippen molar-refractivity contribution in [1.29, 1.82) is 0 Å². The van der Waals surface area contributed by atoms with E-state index in [0.29, 0.717) is 11.4 Å². The molecule has 4 nitrogen and oxygen atoms in total. The molecule has 0 aliphatic rings. The summed E-state index contributed by atoms with van der Waals surface area (Å²) in [6.07, 6.45) is 1.63. The molecule has 1 amide bonds. The highest BCUT2D eigenvalue weighted by Gasteiger charge is 2.08. The van der Waals surface area contributed by atoms with E-state index in [1.54, 1.807) is 18.3 Å². The van der Waals surface area contributed by atoms with Crippen LogP contribution in [-0.4, -0.2) is 17.4 Å². The first-order valence-electron chi connectivity index (χ1n) is 6.68. The number of nitrogens with zero attached hydrogens (tertiary/aromatic N) is 1. The van der Waals surface area contributed by atoms with Crippen molar-refractivity contribution in [2.45, 2.75) is 20.8 Å². The normalized spacial score (nSPS) is 10.2. The molecule has 2 rings (SSSR count). The zero-order valence-corrected chi connectivity index (χ0v) is 12.0. The van der Waals surface area contributed by atoms with Crippen LogP contribution in [0.2, 0.25) is 0 Å². The van der Waals surface area contributed by atoms with Gasteiger partial charge in [0.2, 0.25) is 0 Å². The molecule has 0 saturated carbocycles. The van der Waals surface area contributed by atoms with Gasteiger partial charge in [0, 0.05) is 24.0 Å². The number of benzene rings is 1. The maximum Gasteiger partial charge on any atom is 0.255 e. The SMILES string of the molecule is CCNc1cc(C(=O)Nc2ccc(C)cc2C)ccn1. The maximum atomic E-state index is 12.2. The quantitative estimate of drug-likeness (QED) is 0.894. The van der Waals surface area contributed by atoms with Gasteiger partial charge < -0.3 is 10.6 Å². The number of hydrogen-bond acceptors (Lipinski definition) is 3. The molecule has 1 heterocycles. The Labute approximate surface area is 119 Å². The van der Waals surface area contributed by atoms with Crippen LogP contribution in [0.25, 0.3) is 0 Å². The molecule has 104 valence electrons. The Morgan fingerprint density at radius 3 is 2.70 bits per heavy atom. The van der Waals surface area contributed by atoms with Crippen molar-refractivity contribution in [1.82, 2.24) is 4.98 Å². The van der Waals surface area contributed by atoms with Crippen molar-refractivity contribution >= 4 is 17.4 Å². The fourth-order valence-electron chi connectivity index (χ4n) is 2.00. The van der Waals surface area contributed by atoms with Crippen LogP contribution in [0.4, 0.5) is 11.5 Å². The monoisotopic (exact) mass is 269 g/mol. The number of nitrogens with one attached hydrogen (secondary N) is 2. The first-order valence-corrected chi connectivity index (χ1v) is 6.68. The molecule has 1 aromatic heterocycles. The Bertz CT molecular complexity index is 623. The van der Waals surface area contributed by atoms with Crippen molar-refractivity contribution in [3.63, 3.8) is 0 Å². The van der Waals surface area contributed by atoms with Gasteiger partial charge in [0.05, 0.1) is 0 Å². The summed E-state index contributed by atoms with van der Waals surface area (Å²) in [6.45, 7) is 6.78. The van der Waals surface area contributed by atoms with Crippen LogP contribution in [0.15, 0.2) is 36.5 Å². The van der Waals surface area contributed by atoms with Crippen LogP contribution in [0, 0.1) is 13.8 Å². The second-order valence-corrected chi connectivity index (χ2v) is 4.73. The fourth-order valence-corrected chi connectivity index (χ4v) is 2.00. The van der Waals surface area contributed by atoms with Crippen LogP contribution >= 0.6 is 0 Å². The van der Waals surface area contributed by atoms with E-state index in [1.165, 1.54) is 5.56 Å². The van der Waals surface area contributed by atoms with E-state index in [0.717, 1.165) is 17.8 Å². The summed E-state index contributed by atoms with van der Waals surface area (Å²) in [5.41, 5.74) is 3.66. The van der Waals surface area contributed by atoms with Crippen molar-refractivity contribution in [3.05, 3.63) is 53.2 Å². The third-order valence-corrected chi connectivity index (χ3v) is 3.01. The lowest BCUT2D eigenvalue weighted by atomic mass is 10.1. The van der Waals surface area contributed by atoms with Gasteiger partial charge in [-0.15, -0.1) is 0 Å². The minimum absolute atomic E-state index is 0.126. The van der Waals surface area contributed by atoms with Crippen molar-refractivity contribution in [3.8, 4) is 0 Å². The first-order chi connectivity index (χ1) is 9.60. The number of anilines is 2. The standard InChI is InChI=1S/C16H19N3O/c1-4-17-15-10-13(7-8-18-15)16(20)19-14-6-5-11(2)9-12(14)3/h5-10H,4H2,1-3H3,(H,17,18)(H,19,20). The highest BCUT2D eigenvalue weighted by atomic mass is 16.1. The number of aromatic nitrogens is 1. The number of carbonyl (C=O) groups excluding carboxylic acids is 1. The average molecular weight is 269 g/mol. The van der Waals surface area contributed by atoms with Gasteiger partial charge in [-0.3, -0.25) is 4.79 Å². The molecule has 4 heteroatoms. The Hall–Kier alpha value is -2.36. The number of carbonyl (C=O) groups is 1. The Morgan fingerprint density at radius 1 is 1.20 bits per heavy atom. The predicted octanol–water partition coefficient (Wildman–Crippen LogP) is 3.38. The van der Waals surface area contributed by atoms with Gasteiger partial charge in [0.25, 0.3) is 5.91 Å². The molecular weight excluding hydrogens is 250 g/mol. The molecular formula is C16H19N3O. The minimum Gasteiger partial charge on any atom is -0.370 e. The molecule has 20 heavy (non-hydrogen) atoms. The van der Waals surface area contributed by atoms with E-state index in [4.69, 9.17) is 0 Å². The van der Waals surface area contributed by atoms with E-state index in [2.05, 4.69) is 15.6 Å². The predicted molar refractivity (Wildman–Crippen MR) is 82.3 cm³/mol. The van der Waals surface area contributed by atoms with Crippen LogP contribution in [-0.2, 0) is 0 Å². The van der Waals surface area contributed by atoms with E-state index in [-0.39, 0.29) is 5.91 Å². The average Bonchev–Trinajstić information content (AvgIpc) is 2.42. The van der Waals surface area contributed by atoms with E-state index in [9.17, 15) is 4.79 Å². The smallest absolute Gasteiger partial charge is 0.255 e. The number of amides is 1. The topological polar surface area (TPSA) is 54.0 Å². The maximum absolute atomic E-state index is 12.2. The lowest BCUT2D eigenvalue weighted by Crippen LogP contribution is -2.13. The lowest BCUT2D eigenvalue weighted by Gasteiger charge is -2.10. The largest absolute Gasteiger partial charge is 0.370 e. The van der Waals surface area contributed by atoms with Gasteiger partial charge in [0.15, 0.2) is 0 Å². The van der Waals surface area contributed by atoms with E-state index < -0.39 is 0 Å². The lowest BCUT2D eigenvalue weighted by molar-refractivity contribution is 0.102. The summed E-state index contributed by atoms with van der Waals surface area (Å²) in [4.78, 5) is 16.4. The molecule has 0 aliphatic carbocycles. The van der Waals surface area contributed by atoms with Gasteiger partial charge in [-0.2, -0.15) is 0 Å². The van der Waals surface area contributed by atoms with Gasteiger partial charge in [-0.05, 0) is 44.5 Å². The van der Waals surface area contributed by atoms with Crippen molar-refractivity contribution in [2.24, 2.45) is 0 Å². The number of hydrogen-bond donors (Lipinski definition) is 2. The van der Waals surface area contributed by atoms with Gasteiger partial charge in [-0.25, -0.2) is 4.98 Å². The van der Waals surface area contributed by atoms with Crippen molar-refractivity contribution in [2.75, 3.05) is 17.2 Å². The summed E-state index contributed by atoms with van der Waals surface area (Å²) in [5, 5.41) is 6.02. The second-order valence-electron chi connectivity index (χ2n) is 4.73. The first kappa shape index (κ1) is 14.1. The second kappa shape index (κ2) is 6.19. The highest BCUT2D eigenvalue weighted by molar-refractivity contribution is 6.05. The molecule has 0 bridgehead atoms. The number of pyridine rings is 1. The van der Waals surface area contributed by atoms with Crippen LogP contribution in [0.3, 0.4) is 0 Å². The van der Waals surface area contributed by atoms with Crippen molar-refractivity contribution < 1.29 is 4.79 Å². The Morgan fingerprint density at radius 2 is 2.00 bits per heavy atom. The molecule has 1 aromatic carbocycles. The number of aryl methyl sites for hydroxylation is 2. The van der Waals surface area contributed by atoms with Gasteiger partial charge in [-0.1, -0.05) is 17.7 Å². The molecule has 2 aromatic rings. The molecule has 0 radical (unpaired) electrons. The summed E-state index contributed by atoms with van der Waals surface area (Å²) in [6, 6.07) is 9.42. The molecule has 0 unspecified atom stereocenters. The molecule has 0 spiro atoms. The molecule has 0 aliphatic heterocycles. The summed E-state index contributed by atoms with van der Waals surface area (Å²) in [7, 11) is 0. The molecule has 0 atom stereocenters. The summed E-state index contributed by atoms with van der Waals surface area (Å²) < 4.78 is 0. The third-order valence-electron chi connectivity index (χ3n) is 3.01. The van der Waals surface area contributed by atoms with Gasteiger partial charge >= 0.3 is 0 Å². The minimum atomic E-state index is -0.126. The highest BCUT2D eigenvalue weighted by Crippen LogP contribution is 2.17. The van der Waals surface area contributed by atoms with Crippen LogP contribution in [0.5, 0.6) is 0 Å². The molecule has 2 N–H and O–H groups in total. The summed E-state index contributed by atoms with van der Waals surface area (Å²) >= 11 is 0.